The van der Waals surface area contributed by atoms with Gasteiger partial charge in [-0.2, -0.15) is 5.26 Å². The molecule has 0 radical (unpaired) electrons. The minimum absolute atomic E-state index is 0.0712. The molecule has 3 N–H and O–H groups in total. The summed E-state index contributed by atoms with van der Waals surface area (Å²) in [6, 6.07) is 10.9. The van der Waals surface area contributed by atoms with Crippen molar-refractivity contribution in [2.45, 2.75) is 110 Å². The van der Waals surface area contributed by atoms with Crippen molar-refractivity contribution in [3.05, 3.63) is 82.7 Å². The first kappa shape index (κ1) is 36.4. The molecule has 254 valence electrons. The van der Waals surface area contributed by atoms with Gasteiger partial charge in [-0.15, -0.1) is 0 Å². The van der Waals surface area contributed by atoms with Crippen LogP contribution in [0.25, 0.3) is 0 Å². The van der Waals surface area contributed by atoms with Crippen LogP contribution in [0, 0.1) is 23.2 Å². The lowest BCUT2D eigenvalue weighted by Crippen LogP contribution is -2.49. The van der Waals surface area contributed by atoms with Crippen molar-refractivity contribution in [3.63, 3.8) is 0 Å². The van der Waals surface area contributed by atoms with Gasteiger partial charge in [-0.05, 0) is 87.0 Å². The first-order valence-corrected chi connectivity index (χ1v) is 18.0. The predicted octanol–water partition coefficient (Wildman–Crippen LogP) is 7.06. The van der Waals surface area contributed by atoms with Crippen molar-refractivity contribution < 1.29 is 9.90 Å². The number of hydrogen-bond acceptors (Lipinski definition) is 7. The van der Waals surface area contributed by atoms with Crippen LogP contribution in [0.3, 0.4) is 0 Å². The minimum Gasteiger partial charge on any atom is -0.404 e. The van der Waals surface area contributed by atoms with E-state index < -0.39 is 0 Å². The largest absolute Gasteiger partial charge is 0.404 e. The van der Waals surface area contributed by atoms with Gasteiger partial charge >= 0.3 is 0 Å². The molecule has 7 heteroatoms. The average Bonchev–Trinajstić information content (AvgIpc) is 3.50. The molecule has 7 nitrogen and oxygen atoms in total. The molecule has 0 spiro atoms. The van der Waals surface area contributed by atoms with Crippen LogP contribution in [0.15, 0.2) is 76.6 Å². The Labute approximate surface area is 283 Å². The molecule has 0 amide bonds. The molecular formula is C40H57N5O2. The van der Waals surface area contributed by atoms with Gasteiger partial charge in [0.1, 0.15) is 0 Å². The maximum absolute atomic E-state index is 13.6. The number of allylic oxidation sites excluding steroid dienone is 4. The molecule has 1 aliphatic carbocycles. The summed E-state index contributed by atoms with van der Waals surface area (Å²) in [5, 5.41) is 19.7. The van der Waals surface area contributed by atoms with Gasteiger partial charge in [-0.25, -0.2) is 0 Å². The van der Waals surface area contributed by atoms with Crippen molar-refractivity contribution in [1.82, 2.24) is 9.80 Å². The van der Waals surface area contributed by atoms with Crippen LogP contribution in [0.1, 0.15) is 103 Å². The fraction of sp³-hybridized carbons (Fsp3) is 0.575. The summed E-state index contributed by atoms with van der Waals surface area (Å²) in [5.41, 5.74) is 10.8. The Morgan fingerprint density at radius 1 is 1.23 bits per heavy atom. The SMILES string of the molecule is CCCCC(C(C)N1CC[C@@H](O)C1)N1C/C=C/C=C(CN=C/C(=C\N)C(=O)C(CC)CC2CC(c3ccccc3C#N)C2)\C=C/1CC. The van der Waals surface area contributed by atoms with Crippen LogP contribution in [-0.2, 0) is 4.79 Å². The van der Waals surface area contributed by atoms with Crippen LogP contribution in [-0.4, -0.2) is 71.3 Å². The third-order valence-electron chi connectivity index (χ3n) is 10.6. The maximum atomic E-state index is 13.6. The third kappa shape index (κ3) is 9.55. The number of nitrogens with zero attached hydrogens (tertiary/aromatic N) is 4. The lowest BCUT2D eigenvalue weighted by Gasteiger charge is -2.42. The van der Waals surface area contributed by atoms with E-state index in [1.165, 1.54) is 18.3 Å². The zero-order chi connectivity index (χ0) is 33.8. The van der Waals surface area contributed by atoms with Gasteiger partial charge in [0.15, 0.2) is 5.78 Å². The van der Waals surface area contributed by atoms with E-state index in [0.717, 1.165) is 87.7 Å². The number of aliphatic hydroxyl groups excluding tert-OH is 1. The fourth-order valence-corrected chi connectivity index (χ4v) is 7.70. The summed E-state index contributed by atoms with van der Waals surface area (Å²) >= 11 is 0. The fourth-order valence-electron chi connectivity index (χ4n) is 7.70. The summed E-state index contributed by atoms with van der Waals surface area (Å²) in [6.07, 6.45) is 20.5. The molecule has 0 bridgehead atoms. The van der Waals surface area contributed by atoms with Crippen molar-refractivity contribution in [2.24, 2.45) is 22.6 Å². The number of β-amino-alcohol motifs (C(OH)–C–C–N with tert-alkyl or cyclic N) is 1. The number of carbonyl (C=O) groups is 1. The van der Waals surface area contributed by atoms with E-state index in [-0.39, 0.29) is 17.8 Å². The van der Waals surface area contributed by atoms with Gasteiger partial charge in [-0.1, -0.05) is 70.0 Å². The Hall–Kier alpha value is -3.47. The van der Waals surface area contributed by atoms with Crippen molar-refractivity contribution in [1.29, 1.82) is 5.26 Å². The van der Waals surface area contributed by atoms with Gasteiger partial charge in [0.2, 0.25) is 0 Å². The maximum Gasteiger partial charge on any atom is 0.168 e. The third-order valence-corrected chi connectivity index (χ3v) is 10.6. The first-order chi connectivity index (χ1) is 22.8. The van der Waals surface area contributed by atoms with Gasteiger partial charge in [0.05, 0.1) is 29.9 Å². The molecule has 1 saturated carbocycles. The zero-order valence-electron chi connectivity index (χ0n) is 29.2. The van der Waals surface area contributed by atoms with E-state index in [0.29, 0.717) is 36.0 Å². The standard InChI is InChI=1S/C40H57N5O2/c1-5-8-16-39(29(4)44-19-17-37(46)28-44)45-18-12-11-13-30(23-36(45)7-3)26-43-27-35(25-42)40(47)32(6-2)20-31-21-34(22-31)38-15-10-9-14-33(38)24-41/h9-15,23,25,27,29,31-32,34,37,39,46H,5-8,16-22,26,28,42H2,1-4H3/b12-11+,30-13+,35-25+,36-23-,43-27?/t29?,31?,32?,34?,37-,39?/m1/s1. The highest BCUT2D eigenvalue weighted by molar-refractivity contribution is 6.14. The normalized spacial score (nSPS) is 27.0. The Kier molecular flexibility index (Phi) is 14.1. The molecule has 47 heavy (non-hydrogen) atoms. The van der Waals surface area contributed by atoms with Crippen LogP contribution in [0.5, 0.6) is 0 Å². The molecule has 4 atom stereocenters. The quantitative estimate of drug-likeness (QED) is 0.148. The number of benzene rings is 1. The topological polar surface area (TPSA) is 106 Å². The summed E-state index contributed by atoms with van der Waals surface area (Å²) < 4.78 is 0. The molecule has 2 fully saturated rings. The first-order valence-electron chi connectivity index (χ1n) is 18.0. The lowest BCUT2D eigenvalue weighted by atomic mass is 9.66. The number of Topliss-reactive ketones (excluding diaryl/α,β-unsaturated/α-hetero) is 1. The van der Waals surface area contributed by atoms with E-state index >= 15 is 0 Å². The van der Waals surface area contributed by atoms with Gasteiger partial charge in [0, 0.05) is 55.7 Å². The monoisotopic (exact) mass is 639 g/mol. The lowest BCUT2D eigenvalue weighted by molar-refractivity contribution is -0.119. The number of nitrogens with two attached hydrogens (primary N) is 1. The van der Waals surface area contributed by atoms with Gasteiger partial charge in [-0.3, -0.25) is 14.7 Å². The minimum atomic E-state index is -0.221. The van der Waals surface area contributed by atoms with Crippen molar-refractivity contribution in [3.8, 4) is 6.07 Å². The van der Waals surface area contributed by atoms with E-state index in [1.807, 2.05) is 18.2 Å². The van der Waals surface area contributed by atoms with Crippen LogP contribution >= 0.6 is 0 Å². The van der Waals surface area contributed by atoms with E-state index in [4.69, 9.17) is 10.7 Å². The van der Waals surface area contributed by atoms with Crippen LogP contribution < -0.4 is 5.73 Å². The Morgan fingerprint density at radius 2 is 2.02 bits per heavy atom. The second kappa shape index (κ2) is 18.2. The number of nitriles is 1. The highest BCUT2D eigenvalue weighted by Crippen LogP contribution is 2.46. The smallest absolute Gasteiger partial charge is 0.168 e. The number of aliphatic imine (C=N–C) groups is 1. The molecule has 0 aromatic heterocycles. The summed E-state index contributed by atoms with van der Waals surface area (Å²) in [6.45, 7) is 11.9. The number of hydrogen-bond donors (Lipinski definition) is 2. The second-order valence-corrected chi connectivity index (χ2v) is 13.7. The summed E-state index contributed by atoms with van der Waals surface area (Å²) in [7, 11) is 0. The predicted molar refractivity (Wildman–Crippen MR) is 193 cm³/mol. The number of unbranched alkanes of at least 4 members (excludes halogenated alkanes) is 1. The molecule has 1 aromatic rings. The number of aliphatic hydroxyl groups is 1. The molecular weight excluding hydrogens is 582 g/mol. The van der Waals surface area contributed by atoms with Crippen LogP contribution in [0.2, 0.25) is 0 Å². The molecule has 3 unspecified atom stereocenters. The summed E-state index contributed by atoms with van der Waals surface area (Å²) in [4.78, 5) is 23.3. The molecule has 1 aromatic carbocycles. The Balaban J connectivity index is 1.39. The molecule has 4 rings (SSSR count). The van der Waals surface area contributed by atoms with Gasteiger partial charge in [0.25, 0.3) is 0 Å². The van der Waals surface area contributed by atoms with Crippen LogP contribution in [0.4, 0.5) is 0 Å². The number of carbonyl (C=O) groups excluding carboxylic acids is 1. The van der Waals surface area contributed by atoms with E-state index in [2.05, 4.69) is 73.9 Å². The highest BCUT2D eigenvalue weighted by atomic mass is 16.3. The highest BCUT2D eigenvalue weighted by Gasteiger charge is 2.35. The van der Waals surface area contributed by atoms with E-state index in [9.17, 15) is 15.2 Å². The second-order valence-electron chi connectivity index (χ2n) is 13.7. The average molecular weight is 640 g/mol. The Bertz CT molecular complexity index is 1380. The summed E-state index contributed by atoms with van der Waals surface area (Å²) in [5.74, 6) is 0.858. The Morgan fingerprint density at radius 3 is 2.68 bits per heavy atom. The van der Waals surface area contributed by atoms with Crippen molar-refractivity contribution >= 4 is 12.0 Å². The number of rotatable bonds is 16. The number of likely N-dealkylation sites (tertiary alicyclic amines) is 1. The molecule has 2 heterocycles. The number of ketones is 1. The molecule has 2 aliphatic heterocycles. The molecule has 1 saturated heterocycles. The van der Waals surface area contributed by atoms with Gasteiger partial charge < -0.3 is 15.7 Å². The van der Waals surface area contributed by atoms with E-state index in [1.54, 1.807) is 6.21 Å². The zero-order valence-corrected chi connectivity index (χ0v) is 29.2. The molecule has 3 aliphatic rings. The van der Waals surface area contributed by atoms with Crippen molar-refractivity contribution in [2.75, 3.05) is 26.2 Å².